The van der Waals surface area contributed by atoms with Crippen molar-refractivity contribution in [3.63, 3.8) is 0 Å². The molecule has 0 radical (unpaired) electrons. The Hall–Kier alpha value is -1.84. The highest BCUT2D eigenvalue weighted by Crippen LogP contribution is 2.30. The van der Waals surface area contributed by atoms with E-state index >= 15 is 0 Å². The predicted molar refractivity (Wildman–Crippen MR) is 54.9 cm³/mol. The quantitative estimate of drug-likeness (QED) is 0.800. The van der Waals surface area contributed by atoms with Gasteiger partial charge in [0.15, 0.2) is 5.82 Å². The molecule has 0 amide bonds. The summed E-state index contributed by atoms with van der Waals surface area (Å²) in [5, 5.41) is 8.75. The molecule has 0 unspecified atom stereocenters. The number of rotatable bonds is 3. The van der Waals surface area contributed by atoms with Crippen LogP contribution in [0.4, 0.5) is 19.0 Å². The van der Waals surface area contributed by atoms with Crippen molar-refractivity contribution in [2.75, 3.05) is 11.4 Å². The number of aromatic carboxylic acids is 1. The predicted octanol–water partition coefficient (Wildman–Crippen LogP) is 0.761. The molecule has 0 spiro atoms. The van der Waals surface area contributed by atoms with Gasteiger partial charge in [-0.3, -0.25) is 4.31 Å². The van der Waals surface area contributed by atoms with Crippen LogP contribution >= 0.6 is 0 Å². The van der Waals surface area contributed by atoms with E-state index in [0.29, 0.717) is 16.4 Å². The minimum Gasteiger partial charge on any atom is -0.478 e. The van der Waals surface area contributed by atoms with Crippen molar-refractivity contribution < 1.29 is 31.5 Å². The lowest BCUT2D eigenvalue weighted by Crippen LogP contribution is -2.21. The van der Waals surface area contributed by atoms with Crippen molar-refractivity contribution in [1.82, 2.24) is 4.98 Å². The molecule has 0 aliphatic rings. The summed E-state index contributed by atoms with van der Waals surface area (Å²) in [7, 11) is -2.38. The van der Waals surface area contributed by atoms with Crippen LogP contribution in [-0.2, 0) is 17.1 Å². The number of pyridine rings is 1. The van der Waals surface area contributed by atoms with Gasteiger partial charge in [-0.1, -0.05) is 0 Å². The molecule has 1 aromatic heterocycles. The van der Waals surface area contributed by atoms with E-state index in [0.717, 1.165) is 7.05 Å². The van der Waals surface area contributed by atoms with Crippen LogP contribution in [0.2, 0.25) is 0 Å². The maximum atomic E-state index is 12.4. The molecule has 1 aromatic rings. The molecule has 1 N–H and O–H groups in total. The Balaban J connectivity index is 3.47. The third-order valence-corrected chi connectivity index (χ3v) is 2.63. The van der Waals surface area contributed by atoms with Crippen LogP contribution in [-0.4, -0.2) is 31.5 Å². The van der Waals surface area contributed by atoms with Gasteiger partial charge in [-0.05, 0) is 12.1 Å². The molecule has 0 saturated carbocycles. The average Bonchev–Trinajstić information content (AvgIpc) is 2.25. The summed E-state index contributed by atoms with van der Waals surface area (Å²) < 4.78 is 58.9. The summed E-state index contributed by atoms with van der Waals surface area (Å²) in [5.74, 6) is -2.36. The number of anilines is 1. The monoisotopic (exact) mass is 284 g/mol. The third-order valence-electron chi connectivity index (χ3n) is 1.95. The summed E-state index contributed by atoms with van der Waals surface area (Å²) in [5.41, 5.74) is -2.00. The number of thiol groups is 1. The van der Waals surface area contributed by atoms with Gasteiger partial charge in [-0.15, -0.1) is 0 Å². The zero-order valence-corrected chi connectivity index (χ0v) is 9.70. The topological polar surface area (TPSA) is 87.6 Å². The first-order valence-electron chi connectivity index (χ1n) is 4.34. The van der Waals surface area contributed by atoms with Crippen LogP contribution < -0.4 is 4.31 Å². The van der Waals surface area contributed by atoms with Crippen LogP contribution in [0.1, 0.15) is 16.1 Å². The highest BCUT2D eigenvalue weighted by atomic mass is 32.2. The second-order valence-electron chi connectivity index (χ2n) is 3.13. The Morgan fingerprint density at radius 3 is 2.33 bits per heavy atom. The molecule has 100 valence electrons. The van der Waals surface area contributed by atoms with Crippen LogP contribution in [0.5, 0.6) is 0 Å². The Morgan fingerprint density at radius 2 is 1.94 bits per heavy atom. The molecule has 10 heteroatoms. The molecule has 0 aliphatic carbocycles. The van der Waals surface area contributed by atoms with Gasteiger partial charge in [0.05, 0.1) is 0 Å². The maximum Gasteiger partial charge on any atom is 0.433 e. The second kappa shape index (κ2) is 4.80. The van der Waals surface area contributed by atoms with Gasteiger partial charge in [0.25, 0.3) is 0 Å². The van der Waals surface area contributed by atoms with E-state index in [1.54, 1.807) is 0 Å². The van der Waals surface area contributed by atoms with Gasteiger partial charge in [0, 0.05) is 7.05 Å². The molecule has 0 saturated heterocycles. The number of hydrogen-bond acceptors (Lipinski definition) is 4. The molecule has 0 bridgehead atoms. The summed E-state index contributed by atoms with van der Waals surface area (Å²) in [6.07, 6.45) is -4.79. The van der Waals surface area contributed by atoms with Crippen LogP contribution in [0.15, 0.2) is 12.1 Å². The van der Waals surface area contributed by atoms with Gasteiger partial charge < -0.3 is 5.11 Å². The lowest BCUT2D eigenvalue weighted by Gasteiger charge is -2.15. The van der Waals surface area contributed by atoms with Crippen molar-refractivity contribution in [1.29, 1.82) is 0 Å². The van der Waals surface area contributed by atoms with Crippen LogP contribution in [0, 0.1) is 0 Å². The van der Waals surface area contributed by atoms with Crippen LogP contribution in [0.3, 0.4) is 0 Å². The second-order valence-corrected chi connectivity index (χ2v) is 4.21. The van der Waals surface area contributed by atoms with E-state index in [1.807, 2.05) is 0 Å². The van der Waals surface area contributed by atoms with Crippen molar-refractivity contribution in [2.45, 2.75) is 6.18 Å². The minimum absolute atomic E-state index is 0.341. The lowest BCUT2D eigenvalue weighted by atomic mass is 10.2. The van der Waals surface area contributed by atoms with Crippen molar-refractivity contribution >= 4 is 22.7 Å². The fraction of sp³-hybridized carbons (Fsp3) is 0.250. The minimum atomic E-state index is -4.79. The van der Waals surface area contributed by atoms with Gasteiger partial charge in [-0.2, -0.15) is 13.2 Å². The fourth-order valence-corrected chi connectivity index (χ4v) is 1.40. The maximum absolute atomic E-state index is 12.4. The zero-order chi connectivity index (χ0) is 14.1. The standard InChI is InChI=1S/C8H7F3N2O4S/c1-13(18(16)17)6-4(7(14)15)2-3-5(12-6)8(9,10)11/h2-3,18H,1H3,(H,14,15). The molecule has 1 rings (SSSR count). The SMILES string of the molecule is CN(c1nc(C(F)(F)F)ccc1C(=O)O)[SH](=O)=O. The van der Waals surface area contributed by atoms with Gasteiger partial charge in [0.2, 0.25) is 10.9 Å². The fourth-order valence-electron chi connectivity index (χ4n) is 1.10. The molecule has 0 aromatic carbocycles. The Kier molecular flexibility index (Phi) is 3.79. The Bertz CT molecular complexity index is 548. The summed E-state index contributed by atoms with van der Waals surface area (Å²) in [4.78, 5) is 13.8. The third kappa shape index (κ3) is 2.88. The molecule has 1 heterocycles. The highest BCUT2D eigenvalue weighted by molar-refractivity contribution is 7.74. The first-order valence-corrected chi connectivity index (χ1v) is 5.47. The van der Waals surface area contributed by atoms with E-state index in [2.05, 4.69) is 4.98 Å². The Labute approximate surface area is 101 Å². The van der Waals surface area contributed by atoms with E-state index in [-0.39, 0.29) is 0 Å². The largest absolute Gasteiger partial charge is 0.478 e. The molecule has 0 atom stereocenters. The van der Waals surface area contributed by atoms with Crippen molar-refractivity contribution in [3.05, 3.63) is 23.4 Å². The number of alkyl halides is 3. The molecular weight excluding hydrogens is 277 g/mol. The average molecular weight is 284 g/mol. The highest BCUT2D eigenvalue weighted by Gasteiger charge is 2.34. The molecule has 0 aliphatic heterocycles. The summed E-state index contributed by atoms with van der Waals surface area (Å²) in [6, 6.07) is 1.13. The van der Waals surface area contributed by atoms with Crippen molar-refractivity contribution in [3.8, 4) is 0 Å². The van der Waals surface area contributed by atoms with Gasteiger partial charge >= 0.3 is 12.1 Å². The number of carboxylic acids is 1. The number of halogens is 3. The Morgan fingerprint density at radius 1 is 1.39 bits per heavy atom. The van der Waals surface area contributed by atoms with E-state index in [9.17, 15) is 26.4 Å². The smallest absolute Gasteiger partial charge is 0.433 e. The summed E-state index contributed by atoms with van der Waals surface area (Å²) in [6.45, 7) is 0. The first kappa shape index (κ1) is 14.2. The summed E-state index contributed by atoms with van der Waals surface area (Å²) >= 11 is 0. The first-order chi connectivity index (χ1) is 8.14. The van der Waals surface area contributed by atoms with Gasteiger partial charge in [-0.25, -0.2) is 18.2 Å². The number of aromatic nitrogens is 1. The number of carboxylic acid groups (broad SMARTS) is 1. The molecule has 0 fully saturated rings. The number of carbonyl (C=O) groups is 1. The van der Waals surface area contributed by atoms with E-state index in [4.69, 9.17) is 5.11 Å². The van der Waals surface area contributed by atoms with Crippen LogP contribution in [0.25, 0.3) is 0 Å². The molecule has 6 nitrogen and oxygen atoms in total. The molecule has 18 heavy (non-hydrogen) atoms. The van der Waals surface area contributed by atoms with Gasteiger partial charge in [0.1, 0.15) is 11.3 Å². The lowest BCUT2D eigenvalue weighted by molar-refractivity contribution is -0.141. The van der Waals surface area contributed by atoms with E-state index in [1.165, 1.54) is 0 Å². The van der Waals surface area contributed by atoms with Crippen molar-refractivity contribution in [2.24, 2.45) is 0 Å². The van der Waals surface area contributed by atoms with E-state index < -0.39 is 40.1 Å². The molecular formula is C8H7F3N2O4S. The zero-order valence-electron chi connectivity index (χ0n) is 8.80. The number of nitrogens with zero attached hydrogens (tertiary/aromatic N) is 2. The number of hydrogen-bond donors (Lipinski definition) is 2. The normalized spacial score (nSPS) is 11.6.